The highest BCUT2D eigenvalue weighted by atomic mass is 16.6. The van der Waals surface area contributed by atoms with Gasteiger partial charge in [-0.3, -0.25) is 0 Å². The highest BCUT2D eigenvalue weighted by Crippen LogP contribution is 2.24. The number of carbonyl (C=O) groups is 1. The summed E-state index contributed by atoms with van der Waals surface area (Å²) in [6, 6.07) is 8.07. The topological polar surface area (TPSA) is 59.6 Å². The maximum Gasteiger partial charge on any atom is 0.407 e. The molecule has 1 aliphatic rings. The molecule has 0 saturated carbocycles. The number of amides is 1. The van der Waals surface area contributed by atoms with Crippen molar-refractivity contribution in [1.29, 1.82) is 0 Å². The lowest BCUT2D eigenvalue weighted by Crippen LogP contribution is -2.23. The number of alkyl carbamates (subject to hydrolysis) is 1. The number of hydrogen-bond acceptors (Lipinski definition) is 4. The number of cyclic esters (lactones) is 1. The quantitative estimate of drug-likeness (QED) is 0.830. The zero-order chi connectivity index (χ0) is 13.0. The molecule has 98 valence electrons. The summed E-state index contributed by atoms with van der Waals surface area (Å²) in [4.78, 5) is 10.9. The normalized spacial score (nSPS) is 20.1. The van der Waals surface area contributed by atoms with E-state index in [4.69, 9.17) is 9.47 Å². The van der Waals surface area contributed by atoms with E-state index in [1.165, 1.54) is 0 Å². The molecule has 1 aromatic rings. The summed E-state index contributed by atoms with van der Waals surface area (Å²) in [6.07, 6.45) is -0.587. The number of nitrogens with one attached hydrogen (secondary N) is 2. The van der Waals surface area contributed by atoms with E-state index < -0.39 is 0 Å². The van der Waals surface area contributed by atoms with Gasteiger partial charge < -0.3 is 20.1 Å². The molecule has 18 heavy (non-hydrogen) atoms. The van der Waals surface area contributed by atoms with Crippen molar-refractivity contribution in [2.75, 3.05) is 20.2 Å². The van der Waals surface area contributed by atoms with Gasteiger partial charge in [0.15, 0.2) is 6.10 Å². The van der Waals surface area contributed by atoms with Gasteiger partial charge in [-0.25, -0.2) is 4.79 Å². The van der Waals surface area contributed by atoms with Crippen LogP contribution in [-0.4, -0.2) is 32.4 Å². The van der Waals surface area contributed by atoms with E-state index in [0.717, 1.165) is 11.3 Å². The van der Waals surface area contributed by atoms with Crippen LogP contribution in [0, 0.1) is 0 Å². The number of rotatable bonds is 5. The molecule has 1 saturated heterocycles. The van der Waals surface area contributed by atoms with Gasteiger partial charge in [-0.1, -0.05) is 18.2 Å². The molecule has 2 unspecified atom stereocenters. The maximum atomic E-state index is 10.9. The molecule has 1 aromatic carbocycles. The molecule has 5 heteroatoms. The molecular weight excluding hydrogens is 232 g/mol. The minimum absolute atomic E-state index is 0.213. The van der Waals surface area contributed by atoms with Gasteiger partial charge in [-0.15, -0.1) is 0 Å². The van der Waals surface area contributed by atoms with Crippen molar-refractivity contribution in [1.82, 2.24) is 10.6 Å². The summed E-state index contributed by atoms with van der Waals surface area (Å²) in [5.74, 6) is 0.822. The Hall–Kier alpha value is -1.75. The van der Waals surface area contributed by atoms with Crippen LogP contribution in [-0.2, 0) is 4.74 Å². The molecule has 0 spiro atoms. The van der Waals surface area contributed by atoms with Crippen LogP contribution in [0.3, 0.4) is 0 Å². The Bertz CT molecular complexity index is 422. The Morgan fingerprint density at radius 1 is 1.56 bits per heavy atom. The van der Waals surface area contributed by atoms with Crippen molar-refractivity contribution in [3.63, 3.8) is 0 Å². The molecule has 2 rings (SSSR count). The van der Waals surface area contributed by atoms with E-state index in [0.29, 0.717) is 13.2 Å². The van der Waals surface area contributed by atoms with E-state index in [1.54, 1.807) is 0 Å². The van der Waals surface area contributed by atoms with Crippen molar-refractivity contribution in [3.8, 4) is 5.75 Å². The van der Waals surface area contributed by atoms with Gasteiger partial charge in [0.2, 0.25) is 0 Å². The van der Waals surface area contributed by atoms with Crippen molar-refractivity contribution >= 4 is 6.09 Å². The molecule has 1 aliphatic heterocycles. The van der Waals surface area contributed by atoms with Crippen LogP contribution in [0.5, 0.6) is 5.75 Å². The van der Waals surface area contributed by atoms with Gasteiger partial charge in [0, 0.05) is 11.6 Å². The van der Waals surface area contributed by atoms with Gasteiger partial charge >= 0.3 is 6.09 Å². The standard InChI is InChI=1S/C13H18N2O3/c1-9(14-2)11-5-3-4-6-12(11)17-8-10-7-15-13(16)18-10/h3-6,9-10,14H,7-8H2,1-2H3,(H,15,16). The van der Waals surface area contributed by atoms with Crippen LogP contribution in [0.2, 0.25) is 0 Å². The minimum atomic E-state index is -0.375. The predicted molar refractivity (Wildman–Crippen MR) is 67.7 cm³/mol. The van der Waals surface area contributed by atoms with Crippen LogP contribution in [0.25, 0.3) is 0 Å². The second kappa shape index (κ2) is 5.73. The predicted octanol–water partition coefficient (Wildman–Crippen LogP) is 1.45. The summed E-state index contributed by atoms with van der Waals surface area (Å²) in [5.41, 5.74) is 1.09. The number of para-hydroxylation sites is 1. The van der Waals surface area contributed by atoms with Gasteiger partial charge in [-0.2, -0.15) is 0 Å². The molecule has 2 atom stereocenters. The lowest BCUT2D eigenvalue weighted by atomic mass is 10.1. The van der Waals surface area contributed by atoms with Crippen molar-refractivity contribution in [3.05, 3.63) is 29.8 Å². The smallest absolute Gasteiger partial charge is 0.407 e. The molecule has 1 amide bonds. The van der Waals surface area contributed by atoms with Crippen molar-refractivity contribution in [2.24, 2.45) is 0 Å². The average molecular weight is 250 g/mol. The lowest BCUT2D eigenvalue weighted by Gasteiger charge is -2.17. The first-order valence-corrected chi connectivity index (χ1v) is 6.04. The highest BCUT2D eigenvalue weighted by Gasteiger charge is 2.23. The maximum absolute atomic E-state index is 10.9. The Balaban J connectivity index is 1.98. The molecular formula is C13H18N2O3. The summed E-state index contributed by atoms with van der Waals surface area (Å²) >= 11 is 0. The molecule has 1 heterocycles. The fourth-order valence-corrected chi connectivity index (χ4v) is 1.83. The number of carbonyl (C=O) groups excluding carboxylic acids is 1. The Morgan fingerprint density at radius 2 is 2.33 bits per heavy atom. The zero-order valence-electron chi connectivity index (χ0n) is 10.6. The summed E-state index contributed by atoms with van der Waals surface area (Å²) in [7, 11) is 1.91. The molecule has 0 radical (unpaired) electrons. The fourth-order valence-electron chi connectivity index (χ4n) is 1.83. The summed E-state index contributed by atoms with van der Waals surface area (Å²) in [6.45, 7) is 2.94. The zero-order valence-corrected chi connectivity index (χ0v) is 10.6. The van der Waals surface area contributed by atoms with E-state index in [1.807, 2.05) is 31.3 Å². The first-order chi connectivity index (χ1) is 8.70. The second-order valence-corrected chi connectivity index (χ2v) is 4.27. The van der Waals surface area contributed by atoms with Gasteiger partial charge in [0.1, 0.15) is 12.4 Å². The molecule has 0 bridgehead atoms. The van der Waals surface area contributed by atoms with Crippen molar-refractivity contribution in [2.45, 2.75) is 19.1 Å². The van der Waals surface area contributed by atoms with Crippen LogP contribution in [0.15, 0.2) is 24.3 Å². The molecule has 1 fully saturated rings. The van der Waals surface area contributed by atoms with Gasteiger partial charge in [0.25, 0.3) is 0 Å². The SMILES string of the molecule is CNC(C)c1ccccc1OCC1CNC(=O)O1. The third-order valence-electron chi connectivity index (χ3n) is 2.99. The van der Waals surface area contributed by atoms with Crippen molar-refractivity contribution < 1.29 is 14.3 Å². The van der Waals surface area contributed by atoms with E-state index in [9.17, 15) is 4.79 Å². The highest BCUT2D eigenvalue weighted by molar-refractivity contribution is 5.69. The number of benzene rings is 1. The summed E-state index contributed by atoms with van der Waals surface area (Å²) < 4.78 is 10.8. The van der Waals surface area contributed by atoms with E-state index in [-0.39, 0.29) is 18.2 Å². The minimum Gasteiger partial charge on any atom is -0.489 e. The Kier molecular flexibility index (Phi) is 4.04. The van der Waals surface area contributed by atoms with Gasteiger partial charge in [-0.05, 0) is 20.0 Å². The average Bonchev–Trinajstić information content (AvgIpc) is 2.81. The monoisotopic (exact) mass is 250 g/mol. The fraction of sp³-hybridized carbons (Fsp3) is 0.462. The molecule has 5 nitrogen and oxygen atoms in total. The first kappa shape index (κ1) is 12.7. The van der Waals surface area contributed by atoms with Crippen LogP contribution >= 0.6 is 0 Å². The van der Waals surface area contributed by atoms with Gasteiger partial charge in [0.05, 0.1) is 6.54 Å². The summed E-state index contributed by atoms with van der Waals surface area (Å²) in [5, 5.41) is 5.78. The first-order valence-electron chi connectivity index (χ1n) is 6.04. The third kappa shape index (κ3) is 2.92. The molecule has 2 N–H and O–H groups in total. The number of hydrogen-bond donors (Lipinski definition) is 2. The Labute approximate surface area is 106 Å². The van der Waals surface area contributed by atoms with Crippen LogP contribution in [0.1, 0.15) is 18.5 Å². The van der Waals surface area contributed by atoms with E-state index >= 15 is 0 Å². The molecule has 0 aromatic heterocycles. The van der Waals surface area contributed by atoms with Crippen LogP contribution < -0.4 is 15.4 Å². The van der Waals surface area contributed by atoms with E-state index in [2.05, 4.69) is 17.6 Å². The number of ether oxygens (including phenoxy) is 2. The Morgan fingerprint density at radius 3 is 3.00 bits per heavy atom. The molecule has 0 aliphatic carbocycles. The largest absolute Gasteiger partial charge is 0.489 e. The van der Waals surface area contributed by atoms with Crippen LogP contribution in [0.4, 0.5) is 4.79 Å². The second-order valence-electron chi connectivity index (χ2n) is 4.27. The lowest BCUT2D eigenvalue weighted by molar-refractivity contribution is 0.104. The third-order valence-corrected chi connectivity index (χ3v) is 2.99.